The van der Waals surface area contributed by atoms with E-state index in [1.807, 2.05) is 66.7 Å². The van der Waals surface area contributed by atoms with Crippen LogP contribution in [0, 0.1) is 0 Å². The van der Waals surface area contributed by atoms with Gasteiger partial charge in [0.1, 0.15) is 22.7 Å². The number of fused-ring (bicyclic) bond motifs is 7. The average molecular weight is 666 g/mol. The van der Waals surface area contributed by atoms with Crippen LogP contribution in [0.4, 0.5) is 0 Å². The van der Waals surface area contributed by atoms with Crippen molar-refractivity contribution in [3.05, 3.63) is 164 Å². The zero-order chi connectivity index (χ0) is 34.2. The minimum atomic E-state index is 0.615. The second-order valence-electron chi connectivity index (χ2n) is 13.2. The van der Waals surface area contributed by atoms with Crippen molar-refractivity contribution in [3.8, 4) is 67.9 Å². The zero-order valence-corrected chi connectivity index (χ0v) is 27.7. The molecule has 0 fully saturated rings. The van der Waals surface area contributed by atoms with Crippen LogP contribution in [0.1, 0.15) is 0 Å². The minimum absolute atomic E-state index is 0.615. The van der Waals surface area contributed by atoms with Gasteiger partial charge < -0.3 is 9.15 Å². The number of rotatable bonds is 4. The lowest BCUT2D eigenvalue weighted by Crippen LogP contribution is -2.02. The first kappa shape index (κ1) is 28.7. The third-order valence-corrected chi connectivity index (χ3v) is 10.1. The Hall–Kier alpha value is -7.11. The lowest BCUT2D eigenvalue weighted by Gasteiger charge is -2.23. The molecule has 0 saturated carbocycles. The van der Waals surface area contributed by atoms with Gasteiger partial charge in [-0.05, 0) is 75.3 Å². The highest BCUT2D eigenvalue weighted by Crippen LogP contribution is 2.49. The van der Waals surface area contributed by atoms with Crippen LogP contribution in [0.2, 0.25) is 0 Å². The van der Waals surface area contributed by atoms with Crippen LogP contribution in [0.25, 0.3) is 99.9 Å². The van der Waals surface area contributed by atoms with Crippen LogP contribution in [0.15, 0.2) is 168 Å². The Morgan fingerprint density at radius 2 is 1.00 bits per heavy atom. The fourth-order valence-electron chi connectivity index (χ4n) is 7.66. The molecule has 10 aromatic rings. The first-order chi connectivity index (χ1) is 25.7. The van der Waals surface area contributed by atoms with Crippen molar-refractivity contribution in [2.24, 2.45) is 0 Å². The third-order valence-electron chi connectivity index (χ3n) is 10.1. The van der Waals surface area contributed by atoms with Crippen molar-refractivity contribution >= 4 is 43.5 Å². The minimum Gasteiger partial charge on any atom is -0.456 e. The van der Waals surface area contributed by atoms with Gasteiger partial charge in [0.25, 0.3) is 0 Å². The fraction of sp³-hybridized carbons (Fsp3) is 0. The Balaban J connectivity index is 1.07. The van der Waals surface area contributed by atoms with Gasteiger partial charge in [-0.2, -0.15) is 0 Å². The second-order valence-corrected chi connectivity index (χ2v) is 13.2. The summed E-state index contributed by atoms with van der Waals surface area (Å²) in [5.74, 6) is 3.52. The number of ether oxygens (including phenoxy) is 1. The molecule has 1 aliphatic rings. The van der Waals surface area contributed by atoms with Crippen LogP contribution in [0.3, 0.4) is 0 Å². The quantitative estimate of drug-likeness (QED) is 0.187. The van der Waals surface area contributed by atoms with Crippen LogP contribution < -0.4 is 4.74 Å². The van der Waals surface area contributed by atoms with Gasteiger partial charge in [0, 0.05) is 38.4 Å². The van der Waals surface area contributed by atoms with Crippen molar-refractivity contribution < 1.29 is 9.15 Å². The van der Waals surface area contributed by atoms with E-state index in [-0.39, 0.29) is 0 Å². The van der Waals surface area contributed by atoms with Gasteiger partial charge >= 0.3 is 0 Å². The third kappa shape index (κ3) is 4.46. The smallest absolute Gasteiger partial charge is 0.164 e. The van der Waals surface area contributed by atoms with Crippen LogP contribution in [-0.2, 0) is 0 Å². The fourth-order valence-corrected chi connectivity index (χ4v) is 7.66. The first-order valence-electron chi connectivity index (χ1n) is 17.3. The van der Waals surface area contributed by atoms with E-state index in [4.69, 9.17) is 24.1 Å². The van der Waals surface area contributed by atoms with Crippen molar-refractivity contribution in [1.29, 1.82) is 0 Å². The highest BCUT2D eigenvalue weighted by atomic mass is 16.5. The van der Waals surface area contributed by atoms with Gasteiger partial charge in [-0.25, -0.2) is 15.0 Å². The Morgan fingerprint density at radius 3 is 1.81 bits per heavy atom. The Bertz CT molecular complexity index is 2980. The molecule has 11 rings (SSSR count). The number of aromatic nitrogens is 3. The maximum Gasteiger partial charge on any atom is 0.164 e. The highest BCUT2D eigenvalue weighted by molar-refractivity contribution is 6.19. The van der Waals surface area contributed by atoms with Crippen molar-refractivity contribution in [3.63, 3.8) is 0 Å². The zero-order valence-electron chi connectivity index (χ0n) is 27.7. The summed E-state index contributed by atoms with van der Waals surface area (Å²) in [5.41, 5.74) is 8.94. The summed E-state index contributed by atoms with van der Waals surface area (Å²) in [4.78, 5) is 15.0. The number of furan rings is 1. The van der Waals surface area contributed by atoms with Crippen molar-refractivity contribution in [2.75, 3.05) is 0 Å². The summed E-state index contributed by atoms with van der Waals surface area (Å²) in [6, 6.07) is 56.3. The van der Waals surface area contributed by atoms with Crippen LogP contribution in [-0.4, -0.2) is 15.0 Å². The summed E-state index contributed by atoms with van der Waals surface area (Å²) in [5, 5.41) is 6.71. The molecule has 0 N–H and O–H groups in total. The maximum absolute atomic E-state index is 6.61. The molecule has 5 heteroatoms. The number of benzene rings is 8. The van der Waals surface area contributed by atoms with Gasteiger partial charge in [-0.3, -0.25) is 0 Å². The standard InChI is InChI=1S/C47H27N3O2/c1-3-11-29(12-4-1)45-48-46(30-13-5-2-6-14-30)50-47(49-45)36-21-25-42-44-34(36)16-9-17-35(44)37-26-31(19-22-39(37)51-42)32-20-23-40-38(27-32)43-33-15-8-7-10-28(33)18-24-41(43)52-40/h1-27H. The molecule has 0 radical (unpaired) electrons. The van der Waals surface area contributed by atoms with E-state index in [1.165, 1.54) is 10.8 Å². The Labute approximate surface area is 298 Å². The van der Waals surface area contributed by atoms with Crippen LogP contribution in [0.5, 0.6) is 11.5 Å². The molecule has 0 amide bonds. The average Bonchev–Trinajstić information content (AvgIpc) is 3.60. The van der Waals surface area contributed by atoms with E-state index >= 15 is 0 Å². The predicted molar refractivity (Wildman–Crippen MR) is 209 cm³/mol. The van der Waals surface area contributed by atoms with E-state index < -0.39 is 0 Å². The monoisotopic (exact) mass is 665 g/mol. The van der Waals surface area contributed by atoms with E-state index in [9.17, 15) is 0 Å². The molecular weight excluding hydrogens is 639 g/mol. The number of nitrogens with zero attached hydrogens (tertiary/aromatic N) is 3. The molecule has 0 saturated heterocycles. The summed E-state index contributed by atoms with van der Waals surface area (Å²) in [6.45, 7) is 0. The molecule has 52 heavy (non-hydrogen) atoms. The van der Waals surface area contributed by atoms with E-state index in [2.05, 4.69) is 97.1 Å². The molecule has 2 aromatic heterocycles. The summed E-state index contributed by atoms with van der Waals surface area (Å²) in [7, 11) is 0. The van der Waals surface area contributed by atoms with Gasteiger partial charge in [0.2, 0.25) is 0 Å². The molecule has 0 unspecified atom stereocenters. The molecular formula is C47H27N3O2. The number of hydrogen-bond acceptors (Lipinski definition) is 5. The normalized spacial score (nSPS) is 12.0. The maximum atomic E-state index is 6.61. The molecule has 0 atom stereocenters. The summed E-state index contributed by atoms with van der Waals surface area (Å²) in [6.07, 6.45) is 0. The predicted octanol–water partition coefficient (Wildman–Crippen LogP) is 12.5. The lowest BCUT2D eigenvalue weighted by molar-refractivity contribution is 0.487. The van der Waals surface area contributed by atoms with Gasteiger partial charge in [-0.15, -0.1) is 0 Å². The molecule has 1 aliphatic heterocycles. The molecule has 242 valence electrons. The molecule has 3 heterocycles. The van der Waals surface area contributed by atoms with Gasteiger partial charge in [0.05, 0.1) is 0 Å². The van der Waals surface area contributed by atoms with Crippen LogP contribution >= 0.6 is 0 Å². The number of hydrogen-bond donors (Lipinski definition) is 0. The van der Waals surface area contributed by atoms with E-state index in [0.29, 0.717) is 17.5 Å². The molecule has 0 aliphatic carbocycles. The molecule has 0 bridgehead atoms. The molecule has 0 spiro atoms. The molecule has 8 aromatic carbocycles. The van der Waals surface area contributed by atoms with Gasteiger partial charge in [0.15, 0.2) is 17.5 Å². The summed E-state index contributed by atoms with van der Waals surface area (Å²) >= 11 is 0. The SMILES string of the molecule is c1ccc(-c2nc(-c3ccccc3)nc(-c3ccc4c5c(cccc35)-c3cc(-c5ccc6oc7ccc8ccccc8c7c6c5)ccc3O4)n2)cc1. The van der Waals surface area contributed by atoms with E-state index in [1.54, 1.807) is 0 Å². The largest absolute Gasteiger partial charge is 0.456 e. The summed E-state index contributed by atoms with van der Waals surface area (Å²) < 4.78 is 12.9. The Morgan fingerprint density at radius 1 is 0.346 bits per heavy atom. The van der Waals surface area contributed by atoms with Gasteiger partial charge in [-0.1, -0.05) is 121 Å². The molecule has 5 nitrogen and oxygen atoms in total. The van der Waals surface area contributed by atoms with Crippen molar-refractivity contribution in [1.82, 2.24) is 15.0 Å². The highest BCUT2D eigenvalue weighted by Gasteiger charge is 2.24. The second kappa shape index (κ2) is 11.2. The topological polar surface area (TPSA) is 61.0 Å². The van der Waals surface area contributed by atoms with E-state index in [0.717, 1.165) is 83.2 Å². The van der Waals surface area contributed by atoms with Crippen molar-refractivity contribution in [2.45, 2.75) is 0 Å². The first-order valence-corrected chi connectivity index (χ1v) is 17.3. The Kier molecular flexibility index (Phi) is 6.18. The lowest BCUT2D eigenvalue weighted by atomic mass is 9.90.